The SMILES string of the molecule is CC(Cc1ccccc1)NCC(O)c1ccc(O)c(CO)c1. The van der Waals surface area contributed by atoms with E-state index in [1.807, 2.05) is 18.2 Å². The Bertz CT molecular complexity index is 586. The molecular weight excluding hydrogens is 278 g/mol. The van der Waals surface area contributed by atoms with Gasteiger partial charge in [0.1, 0.15) is 5.75 Å². The molecule has 0 aliphatic carbocycles. The summed E-state index contributed by atoms with van der Waals surface area (Å²) in [7, 11) is 0. The molecule has 0 aliphatic rings. The van der Waals surface area contributed by atoms with Gasteiger partial charge in [-0.25, -0.2) is 0 Å². The second-order valence-electron chi connectivity index (χ2n) is 5.56. The van der Waals surface area contributed by atoms with Crippen molar-refractivity contribution in [1.82, 2.24) is 5.32 Å². The lowest BCUT2D eigenvalue weighted by molar-refractivity contribution is 0.170. The fourth-order valence-corrected chi connectivity index (χ4v) is 2.41. The van der Waals surface area contributed by atoms with Crippen LogP contribution in [0.1, 0.15) is 29.7 Å². The molecule has 0 radical (unpaired) electrons. The standard InChI is InChI=1S/C18H23NO3/c1-13(9-14-5-3-2-4-6-14)19-11-18(22)15-7-8-17(21)16(10-15)12-20/h2-8,10,13,18-22H,9,11-12H2,1H3. The number of hydrogen-bond donors (Lipinski definition) is 4. The topological polar surface area (TPSA) is 72.7 Å². The number of nitrogens with one attached hydrogen (secondary N) is 1. The van der Waals surface area contributed by atoms with E-state index in [0.717, 1.165) is 6.42 Å². The van der Waals surface area contributed by atoms with E-state index in [2.05, 4.69) is 24.4 Å². The largest absolute Gasteiger partial charge is 0.508 e. The number of aliphatic hydroxyl groups is 2. The van der Waals surface area contributed by atoms with Crippen LogP contribution in [-0.2, 0) is 13.0 Å². The van der Waals surface area contributed by atoms with Crippen molar-refractivity contribution in [3.05, 3.63) is 65.2 Å². The quantitative estimate of drug-likeness (QED) is 0.632. The highest BCUT2D eigenvalue weighted by atomic mass is 16.3. The summed E-state index contributed by atoms with van der Waals surface area (Å²) in [5.41, 5.74) is 2.36. The summed E-state index contributed by atoms with van der Waals surface area (Å²) in [5.74, 6) is 0.0452. The zero-order chi connectivity index (χ0) is 15.9. The predicted molar refractivity (Wildman–Crippen MR) is 86.6 cm³/mol. The van der Waals surface area contributed by atoms with Crippen LogP contribution >= 0.6 is 0 Å². The summed E-state index contributed by atoms with van der Waals surface area (Å²) in [5, 5.41) is 32.2. The van der Waals surface area contributed by atoms with Gasteiger partial charge < -0.3 is 20.6 Å². The molecule has 0 amide bonds. The van der Waals surface area contributed by atoms with Crippen LogP contribution in [0.2, 0.25) is 0 Å². The summed E-state index contributed by atoms with van der Waals surface area (Å²) in [6.07, 6.45) is 0.217. The second kappa shape index (κ2) is 7.94. The average molecular weight is 301 g/mol. The maximum atomic E-state index is 10.2. The van der Waals surface area contributed by atoms with Gasteiger partial charge in [0.05, 0.1) is 12.7 Å². The minimum atomic E-state index is -0.677. The maximum Gasteiger partial charge on any atom is 0.121 e. The molecule has 2 rings (SSSR count). The van der Waals surface area contributed by atoms with Gasteiger partial charge in [0.15, 0.2) is 0 Å². The summed E-state index contributed by atoms with van der Waals surface area (Å²) < 4.78 is 0. The monoisotopic (exact) mass is 301 g/mol. The van der Waals surface area contributed by atoms with Crippen LogP contribution in [0.25, 0.3) is 0 Å². The molecule has 0 saturated carbocycles. The molecule has 4 heteroatoms. The highest BCUT2D eigenvalue weighted by Crippen LogP contribution is 2.22. The van der Waals surface area contributed by atoms with Gasteiger partial charge in [0.25, 0.3) is 0 Å². The van der Waals surface area contributed by atoms with Crippen LogP contribution < -0.4 is 5.32 Å². The maximum absolute atomic E-state index is 10.2. The molecule has 4 nitrogen and oxygen atoms in total. The lowest BCUT2D eigenvalue weighted by Crippen LogP contribution is -2.32. The van der Waals surface area contributed by atoms with E-state index in [0.29, 0.717) is 17.7 Å². The lowest BCUT2D eigenvalue weighted by atomic mass is 10.0. The van der Waals surface area contributed by atoms with Crippen molar-refractivity contribution in [2.75, 3.05) is 6.54 Å². The number of phenols is 1. The molecule has 0 saturated heterocycles. The number of hydrogen-bond acceptors (Lipinski definition) is 4. The smallest absolute Gasteiger partial charge is 0.121 e. The van der Waals surface area contributed by atoms with Gasteiger partial charge >= 0.3 is 0 Å². The first kappa shape index (κ1) is 16.5. The normalized spacial score (nSPS) is 13.8. The Kier molecular flexibility index (Phi) is 5.95. The number of rotatable bonds is 7. The van der Waals surface area contributed by atoms with Crippen molar-refractivity contribution in [2.24, 2.45) is 0 Å². The molecule has 0 heterocycles. The van der Waals surface area contributed by atoms with Gasteiger partial charge in [0, 0.05) is 18.2 Å². The fraction of sp³-hybridized carbons (Fsp3) is 0.333. The van der Waals surface area contributed by atoms with E-state index >= 15 is 0 Å². The number of aromatic hydroxyl groups is 1. The number of benzene rings is 2. The van der Waals surface area contributed by atoms with Crippen molar-refractivity contribution < 1.29 is 15.3 Å². The summed E-state index contributed by atoms with van der Waals surface area (Å²) in [6, 6.07) is 15.2. The van der Waals surface area contributed by atoms with E-state index in [4.69, 9.17) is 5.11 Å². The Labute approximate surface area is 131 Å². The van der Waals surface area contributed by atoms with Crippen LogP contribution in [0.3, 0.4) is 0 Å². The molecule has 0 fully saturated rings. The van der Waals surface area contributed by atoms with Crippen molar-refractivity contribution in [3.63, 3.8) is 0 Å². The minimum absolute atomic E-state index is 0.0452. The van der Waals surface area contributed by atoms with Crippen molar-refractivity contribution >= 4 is 0 Å². The van der Waals surface area contributed by atoms with Crippen LogP contribution in [0.4, 0.5) is 0 Å². The fourth-order valence-electron chi connectivity index (χ4n) is 2.41. The summed E-state index contributed by atoms with van der Waals surface area (Å²) in [6.45, 7) is 2.25. The Morgan fingerprint density at radius 2 is 1.82 bits per heavy atom. The van der Waals surface area contributed by atoms with Crippen molar-refractivity contribution in [2.45, 2.75) is 32.1 Å². The first-order chi connectivity index (χ1) is 10.6. The second-order valence-corrected chi connectivity index (χ2v) is 5.56. The molecule has 4 N–H and O–H groups in total. The highest BCUT2D eigenvalue weighted by Gasteiger charge is 2.12. The van der Waals surface area contributed by atoms with Gasteiger partial charge in [-0.15, -0.1) is 0 Å². The van der Waals surface area contributed by atoms with Crippen LogP contribution in [0.5, 0.6) is 5.75 Å². The third kappa shape index (κ3) is 4.56. The van der Waals surface area contributed by atoms with Gasteiger partial charge in [-0.1, -0.05) is 36.4 Å². The van der Waals surface area contributed by atoms with Gasteiger partial charge in [-0.05, 0) is 36.6 Å². The summed E-state index contributed by atoms with van der Waals surface area (Å²) in [4.78, 5) is 0. The van der Waals surface area contributed by atoms with E-state index in [9.17, 15) is 10.2 Å². The molecule has 2 aromatic rings. The van der Waals surface area contributed by atoms with Crippen molar-refractivity contribution in [1.29, 1.82) is 0 Å². The molecule has 118 valence electrons. The molecule has 2 unspecified atom stereocenters. The molecule has 0 spiro atoms. The molecule has 0 bridgehead atoms. The molecule has 22 heavy (non-hydrogen) atoms. The average Bonchev–Trinajstić information content (AvgIpc) is 2.54. The molecule has 2 aromatic carbocycles. The van der Waals surface area contributed by atoms with Gasteiger partial charge in [-0.2, -0.15) is 0 Å². The Morgan fingerprint density at radius 1 is 1.09 bits per heavy atom. The molecular formula is C18H23NO3. The Balaban J connectivity index is 1.88. The van der Waals surface area contributed by atoms with E-state index < -0.39 is 6.10 Å². The van der Waals surface area contributed by atoms with E-state index in [1.54, 1.807) is 12.1 Å². The van der Waals surface area contributed by atoms with E-state index in [1.165, 1.54) is 11.6 Å². The van der Waals surface area contributed by atoms with Crippen LogP contribution in [-0.4, -0.2) is 27.9 Å². The molecule has 2 atom stereocenters. The molecule has 0 aromatic heterocycles. The number of aliphatic hydroxyl groups excluding tert-OH is 2. The van der Waals surface area contributed by atoms with Gasteiger partial charge in [-0.3, -0.25) is 0 Å². The van der Waals surface area contributed by atoms with Gasteiger partial charge in [0.2, 0.25) is 0 Å². The van der Waals surface area contributed by atoms with Crippen LogP contribution in [0.15, 0.2) is 48.5 Å². The lowest BCUT2D eigenvalue weighted by Gasteiger charge is -2.18. The minimum Gasteiger partial charge on any atom is -0.508 e. The molecule has 0 aliphatic heterocycles. The van der Waals surface area contributed by atoms with Crippen LogP contribution in [0, 0.1) is 0 Å². The Hall–Kier alpha value is -1.88. The van der Waals surface area contributed by atoms with Crippen molar-refractivity contribution in [3.8, 4) is 5.75 Å². The first-order valence-electron chi connectivity index (χ1n) is 7.48. The third-order valence-electron chi connectivity index (χ3n) is 3.70. The van der Waals surface area contributed by atoms with E-state index in [-0.39, 0.29) is 18.4 Å². The third-order valence-corrected chi connectivity index (χ3v) is 3.70. The zero-order valence-electron chi connectivity index (χ0n) is 12.7. The Morgan fingerprint density at radius 3 is 2.50 bits per heavy atom. The first-order valence-corrected chi connectivity index (χ1v) is 7.48. The zero-order valence-corrected chi connectivity index (χ0v) is 12.7. The summed E-state index contributed by atoms with van der Waals surface area (Å²) >= 11 is 0. The predicted octanol–water partition coefficient (Wildman–Crippen LogP) is 2.14. The highest BCUT2D eigenvalue weighted by molar-refractivity contribution is 5.36.